The number of amides is 1. The first-order chi connectivity index (χ1) is 10.8. The minimum atomic E-state index is -0.0515. The SMILES string of the molecule is O=C(NCCSCc1ccccc1)C1NNC2CCCCC21. The lowest BCUT2D eigenvalue weighted by Crippen LogP contribution is -2.46. The van der Waals surface area contributed by atoms with Gasteiger partial charge in [0.15, 0.2) is 0 Å². The second-order valence-electron chi connectivity index (χ2n) is 6.15. The molecule has 1 aromatic carbocycles. The molecule has 1 saturated carbocycles. The summed E-state index contributed by atoms with van der Waals surface area (Å²) in [5.74, 6) is 2.58. The Morgan fingerprint density at radius 2 is 2.00 bits per heavy atom. The molecule has 3 atom stereocenters. The molecule has 0 spiro atoms. The van der Waals surface area contributed by atoms with Crippen LogP contribution < -0.4 is 16.2 Å². The van der Waals surface area contributed by atoms with Crippen LogP contribution in [-0.4, -0.2) is 30.3 Å². The molecular formula is C17H25N3OS. The number of carbonyl (C=O) groups excluding carboxylic acids is 1. The van der Waals surface area contributed by atoms with E-state index in [1.54, 1.807) is 0 Å². The van der Waals surface area contributed by atoms with Crippen molar-refractivity contribution in [2.24, 2.45) is 5.92 Å². The Bertz CT molecular complexity index is 482. The summed E-state index contributed by atoms with van der Waals surface area (Å²) >= 11 is 1.86. The Balaban J connectivity index is 1.34. The third kappa shape index (κ3) is 4.03. The molecule has 0 bridgehead atoms. The van der Waals surface area contributed by atoms with Gasteiger partial charge in [0.1, 0.15) is 6.04 Å². The topological polar surface area (TPSA) is 53.2 Å². The first-order valence-electron chi connectivity index (χ1n) is 8.25. The van der Waals surface area contributed by atoms with Gasteiger partial charge in [-0.3, -0.25) is 10.2 Å². The Hall–Kier alpha value is -1.04. The maximum atomic E-state index is 12.3. The van der Waals surface area contributed by atoms with Crippen molar-refractivity contribution in [1.29, 1.82) is 0 Å². The molecule has 1 heterocycles. The highest BCUT2D eigenvalue weighted by Gasteiger charge is 2.40. The van der Waals surface area contributed by atoms with Gasteiger partial charge in [-0.2, -0.15) is 11.8 Å². The van der Waals surface area contributed by atoms with Gasteiger partial charge in [-0.25, -0.2) is 5.43 Å². The van der Waals surface area contributed by atoms with Gasteiger partial charge in [-0.1, -0.05) is 43.2 Å². The van der Waals surface area contributed by atoms with Crippen LogP contribution in [0.5, 0.6) is 0 Å². The molecule has 0 radical (unpaired) electrons. The number of hydrogen-bond donors (Lipinski definition) is 3. The van der Waals surface area contributed by atoms with Gasteiger partial charge in [0.2, 0.25) is 5.91 Å². The molecule has 1 amide bonds. The van der Waals surface area contributed by atoms with E-state index in [9.17, 15) is 4.79 Å². The predicted molar refractivity (Wildman–Crippen MR) is 91.4 cm³/mol. The van der Waals surface area contributed by atoms with Crippen LogP contribution in [0.4, 0.5) is 0 Å². The number of thioether (sulfide) groups is 1. The zero-order valence-corrected chi connectivity index (χ0v) is 13.7. The Kier molecular flexibility index (Phi) is 5.76. The lowest BCUT2D eigenvalue weighted by Gasteiger charge is -2.26. The van der Waals surface area contributed by atoms with Crippen LogP contribution in [0.2, 0.25) is 0 Å². The van der Waals surface area contributed by atoms with Gasteiger partial charge in [0.25, 0.3) is 0 Å². The fraction of sp³-hybridized carbons (Fsp3) is 0.588. The van der Waals surface area contributed by atoms with E-state index in [1.807, 2.05) is 17.8 Å². The highest BCUT2D eigenvalue weighted by Crippen LogP contribution is 2.30. The standard InChI is InChI=1S/C17H25N3OS/c21-17(16-14-8-4-5-9-15(14)19-20-16)18-10-11-22-12-13-6-2-1-3-7-13/h1-3,6-7,14-16,19-20H,4-5,8-12H2,(H,18,21). The van der Waals surface area contributed by atoms with Crippen molar-refractivity contribution in [1.82, 2.24) is 16.2 Å². The minimum absolute atomic E-state index is 0.0515. The number of nitrogens with one attached hydrogen (secondary N) is 3. The lowest BCUT2D eigenvalue weighted by molar-refractivity contribution is -0.123. The molecule has 1 saturated heterocycles. The summed E-state index contributed by atoms with van der Waals surface area (Å²) in [4.78, 5) is 12.3. The molecule has 0 aromatic heterocycles. The van der Waals surface area contributed by atoms with Gasteiger partial charge in [0, 0.05) is 30.0 Å². The number of fused-ring (bicyclic) bond motifs is 1. The van der Waals surface area contributed by atoms with Crippen molar-refractivity contribution in [3.8, 4) is 0 Å². The third-order valence-electron chi connectivity index (χ3n) is 4.61. The van der Waals surface area contributed by atoms with Crippen molar-refractivity contribution in [2.45, 2.75) is 43.5 Å². The van der Waals surface area contributed by atoms with Gasteiger partial charge in [-0.05, 0) is 18.4 Å². The third-order valence-corrected chi connectivity index (χ3v) is 5.64. The molecule has 1 aliphatic carbocycles. The summed E-state index contributed by atoms with van der Waals surface area (Å²) in [5, 5.41) is 3.08. The Labute approximate surface area is 136 Å². The van der Waals surface area contributed by atoms with E-state index in [2.05, 4.69) is 40.4 Å². The molecule has 3 rings (SSSR count). The zero-order chi connectivity index (χ0) is 15.2. The lowest BCUT2D eigenvalue weighted by atomic mass is 9.81. The van der Waals surface area contributed by atoms with Gasteiger partial charge in [0.05, 0.1) is 0 Å². The summed E-state index contributed by atoms with van der Waals surface area (Å²) in [6, 6.07) is 10.9. The summed E-state index contributed by atoms with van der Waals surface area (Å²) in [5.41, 5.74) is 7.83. The number of carbonyl (C=O) groups is 1. The molecule has 2 fully saturated rings. The van der Waals surface area contributed by atoms with Crippen LogP contribution in [0.3, 0.4) is 0 Å². The van der Waals surface area contributed by atoms with Crippen LogP contribution in [0.25, 0.3) is 0 Å². The monoisotopic (exact) mass is 319 g/mol. The molecule has 3 N–H and O–H groups in total. The number of benzene rings is 1. The smallest absolute Gasteiger partial charge is 0.238 e. The van der Waals surface area contributed by atoms with E-state index in [1.165, 1.54) is 24.8 Å². The molecule has 4 nitrogen and oxygen atoms in total. The van der Waals surface area contributed by atoms with Gasteiger partial charge < -0.3 is 5.32 Å². The summed E-state index contributed by atoms with van der Waals surface area (Å²) in [6.07, 6.45) is 4.88. The molecule has 1 aliphatic heterocycles. The number of hydrogen-bond acceptors (Lipinski definition) is 4. The van der Waals surface area contributed by atoms with Gasteiger partial charge >= 0.3 is 0 Å². The minimum Gasteiger partial charge on any atom is -0.354 e. The highest BCUT2D eigenvalue weighted by atomic mass is 32.2. The molecule has 2 aliphatic rings. The number of rotatable bonds is 6. The highest BCUT2D eigenvalue weighted by molar-refractivity contribution is 7.98. The molecule has 22 heavy (non-hydrogen) atoms. The van der Waals surface area contributed by atoms with Crippen molar-refractivity contribution in [2.75, 3.05) is 12.3 Å². The molecule has 1 aromatic rings. The van der Waals surface area contributed by atoms with E-state index in [-0.39, 0.29) is 11.9 Å². The molecule has 3 unspecified atom stereocenters. The molecule has 5 heteroatoms. The second-order valence-corrected chi connectivity index (χ2v) is 7.26. The maximum absolute atomic E-state index is 12.3. The normalized spacial score (nSPS) is 27.4. The maximum Gasteiger partial charge on any atom is 0.238 e. The van der Waals surface area contributed by atoms with Crippen molar-refractivity contribution < 1.29 is 4.79 Å². The quantitative estimate of drug-likeness (QED) is 0.703. The van der Waals surface area contributed by atoms with E-state index in [0.717, 1.165) is 24.5 Å². The second kappa shape index (κ2) is 7.99. The van der Waals surface area contributed by atoms with Crippen molar-refractivity contribution >= 4 is 17.7 Å². The van der Waals surface area contributed by atoms with Crippen LogP contribution in [0.1, 0.15) is 31.2 Å². The molecule has 120 valence electrons. The summed E-state index contributed by atoms with van der Waals surface area (Å²) in [7, 11) is 0. The Morgan fingerprint density at radius 1 is 1.18 bits per heavy atom. The van der Waals surface area contributed by atoms with E-state index >= 15 is 0 Å². The first-order valence-corrected chi connectivity index (χ1v) is 9.40. The van der Waals surface area contributed by atoms with Crippen molar-refractivity contribution in [3.63, 3.8) is 0 Å². The summed E-state index contributed by atoms with van der Waals surface area (Å²) in [6.45, 7) is 0.742. The van der Waals surface area contributed by atoms with E-state index < -0.39 is 0 Å². The average molecular weight is 319 g/mol. The first kappa shape index (κ1) is 15.8. The Morgan fingerprint density at radius 3 is 2.86 bits per heavy atom. The van der Waals surface area contributed by atoms with E-state index in [0.29, 0.717) is 12.0 Å². The zero-order valence-electron chi connectivity index (χ0n) is 12.9. The predicted octanol–water partition coefficient (Wildman–Crippen LogP) is 2.07. The van der Waals surface area contributed by atoms with Gasteiger partial charge in [-0.15, -0.1) is 0 Å². The van der Waals surface area contributed by atoms with Crippen LogP contribution in [0, 0.1) is 5.92 Å². The fourth-order valence-corrected chi connectivity index (χ4v) is 4.24. The fourth-order valence-electron chi connectivity index (χ4n) is 3.42. The molecular weight excluding hydrogens is 294 g/mol. The van der Waals surface area contributed by atoms with E-state index in [4.69, 9.17) is 0 Å². The van der Waals surface area contributed by atoms with Crippen LogP contribution in [-0.2, 0) is 10.5 Å². The largest absolute Gasteiger partial charge is 0.354 e. The average Bonchev–Trinajstić information content (AvgIpc) is 2.99. The summed E-state index contributed by atoms with van der Waals surface area (Å²) < 4.78 is 0. The van der Waals surface area contributed by atoms with Crippen molar-refractivity contribution in [3.05, 3.63) is 35.9 Å². The van der Waals surface area contributed by atoms with Crippen LogP contribution >= 0.6 is 11.8 Å². The number of hydrazine groups is 1. The van der Waals surface area contributed by atoms with Crippen LogP contribution in [0.15, 0.2) is 30.3 Å².